The Kier molecular flexibility index (Phi) is 3.37. The summed E-state index contributed by atoms with van der Waals surface area (Å²) in [5.41, 5.74) is 6.02. The Bertz CT molecular complexity index is 389. The predicted octanol–water partition coefficient (Wildman–Crippen LogP) is 2.92. The molecule has 100 valence electrons. The zero-order valence-corrected chi connectivity index (χ0v) is 11.0. The molecule has 2 N–H and O–H groups in total. The molecular formula is C14H23N3O. The average Bonchev–Trinajstić information content (AvgIpc) is 3.08. The second-order valence-electron chi connectivity index (χ2n) is 6.06. The SMILES string of the molecule is NC1(c2noc(CCC3CCCC3)n2)CCCC1. The molecule has 0 aromatic carbocycles. The largest absolute Gasteiger partial charge is 0.339 e. The highest BCUT2D eigenvalue weighted by molar-refractivity contribution is 5.06. The Morgan fingerprint density at radius 2 is 1.89 bits per heavy atom. The van der Waals surface area contributed by atoms with Crippen LogP contribution in [0.2, 0.25) is 0 Å². The van der Waals surface area contributed by atoms with Crippen molar-refractivity contribution in [2.45, 2.75) is 69.7 Å². The van der Waals surface area contributed by atoms with Gasteiger partial charge in [-0.15, -0.1) is 0 Å². The van der Waals surface area contributed by atoms with Gasteiger partial charge < -0.3 is 10.3 Å². The van der Waals surface area contributed by atoms with Crippen LogP contribution in [-0.4, -0.2) is 10.1 Å². The van der Waals surface area contributed by atoms with Gasteiger partial charge in [0.15, 0.2) is 5.82 Å². The van der Waals surface area contributed by atoms with Gasteiger partial charge in [-0.25, -0.2) is 0 Å². The quantitative estimate of drug-likeness (QED) is 0.891. The summed E-state index contributed by atoms with van der Waals surface area (Å²) in [5, 5.41) is 4.10. The summed E-state index contributed by atoms with van der Waals surface area (Å²) in [4.78, 5) is 4.52. The van der Waals surface area contributed by atoms with Gasteiger partial charge in [-0.1, -0.05) is 43.7 Å². The maximum Gasteiger partial charge on any atom is 0.226 e. The van der Waals surface area contributed by atoms with E-state index in [-0.39, 0.29) is 5.54 Å². The van der Waals surface area contributed by atoms with Crippen molar-refractivity contribution < 1.29 is 4.52 Å². The summed E-state index contributed by atoms with van der Waals surface area (Å²) in [6, 6.07) is 0. The number of nitrogens with zero attached hydrogens (tertiary/aromatic N) is 2. The van der Waals surface area contributed by atoms with E-state index in [2.05, 4.69) is 10.1 Å². The number of aryl methyl sites for hydroxylation is 1. The van der Waals surface area contributed by atoms with Crippen molar-refractivity contribution in [2.75, 3.05) is 0 Å². The van der Waals surface area contributed by atoms with E-state index < -0.39 is 0 Å². The smallest absolute Gasteiger partial charge is 0.226 e. The number of hydrogen-bond donors (Lipinski definition) is 1. The molecule has 2 aliphatic rings. The molecule has 0 unspecified atom stereocenters. The van der Waals surface area contributed by atoms with Gasteiger partial charge in [0.05, 0.1) is 5.54 Å². The molecule has 0 radical (unpaired) electrons. The fourth-order valence-corrected chi connectivity index (χ4v) is 3.41. The number of rotatable bonds is 4. The minimum atomic E-state index is -0.310. The van der Waals surface area contributed by atoms with Crippen molar-refractivity contribution in [1.82, 2.24) is 10.1 Å². The molecule has 1 heterocycles. The standard InChI is InChI=1S/C14H23N3O/c15-14(9-3-4-10-14)13-16-12(18-17-13)8-7-11-5-1-2-6-11/h11H,1-10,15H2. The lowest BCUT2D eigenvalue weighted by atomic mass is 9.98. The summed E-state index contributed by atoms with van der Waals surface area (Å²) >= 11 is 0. The minimum absolute atomic E-state index is 0.310. The van der Waals surface area contributed by atoms with Crippen LogP contribution < -0.4 is 5.73 Å². The van der Waals surface area contributed by atoms with Crippen molar-refractivity contribution in [2.24, 2.45) is 11.7 Å². The molecule has 0 spiro atoms. The lowest BCUT2D eigenvalue weighted by Gasteiger charge is -2.17. The van der Waals surface area contributed by atoms with E-state index in [0.717, 1.165) is 36.9 Å². The highest BCUT2D eigenvalue weighted by atomic mass is 16.5. The van der Waals surface area contributed by atoms with E-state index in [0.29, 0.717) is 0 Å². The van der Waals surface area contributed by atoms with E-state index in [9.17, 15) is 0 Å². The van der Waals surface area contributed by atoms with Crippen LogP contribution in [0.5, 0.6) is 0 Å². The lowest BCUT2D eigenvalue weighted by Crippen LogP contribution is -2.34. The number of hydrogen-bond acceptors (Lipinski definition) is 4. The minimum Gasteiger partial charge on any atom is -0.339 e. The molecular weight excluding hydrogens is 226 g/mol. The van der Waals surface area contributed by atoms with Gasteiger partial charge in [-0.3, -0.25) is 0 Å². The van der Waals surface area contributed by atoms with Crippen molar-refractivity contribution in [3.05, 3.63) is 11.7 Å². The van der Waals surface area contributed by atoms with Crippen LogP contribution in [0.25, 0.3) is 0 Å². The second-order valence-corrected chi connectivity index (χ2v) is 6.06. The first kappa shape index (κ1) is 12.2. The summed E-state index contributed by atoms with van der Waals surface area (Å²) < 4.78 is 5.36. The van der Waals surface area contributed by atoms with Crippen LogP contribution in [0.3, 0.4) is 0 Å². The highest BCUT2D eigenvalue weighted by Crippen LogP contribution is 2.35. The zero-order chi connectivity index (χ0) is 12.4. The van der Waals surface area contributed by atoms with Gasteiger partial charge in [-0.05, 0) is 25.2 Å². The van der Waals surface area contributed by atoms with E-state index in [1.165, 1.54) is 44.9 Å². The Morgan fingerprint density at radius 1 is 1.17 bits per heavy atom. The first-order valence-corrected chi connectivity index (χ1v) is 7.38. The molecule has 2 saturated carbocycles. The average molecular weight is 249 g/mol. The molecule has 18 heavy (non-hydrogen) atoms. The number of aromatic nitrogens is 2. The fraction of sp³-hybridized carbons (Fsp3) is 0.857. The molecule has 0 bridgehead atoms. The molecule has 2 aliphatic carbocycles. The summed E-state index contributed by atoms with van der Waals surface area (Å²) in [5.74, 6) is 2.40. The van der Waals surface area contributed by atoms with E-state index in [1.807, 2.05) is 0 Å². The van der Waals surface area contributed by atoms with Crippen LogP contribution >= 0.6 is 0 Å². The molecule has 0 aliphatic heterocycles. The van der Waals surface area contributed by atoms with Gasteiger partial charge in [-0.2, -0.15) is 4.98 Å². The molecule has 0 atom stereocenters. The third-order valence-electron chi connectivity index (χ3n) is 4.65. The topological polar surface area (TPSA) is 64.9 Å². The van der Waals surface area contributed by atoms with E-state index >= 15 is 0 Å². The third kappa shape index (κ3) is 2.44. The second kappa shape index (κ2) is 5.00. The molecule has 0 saturated heterocycles. The van der Waals surface area contributed by atoms with Gasteiger partial charge >= 0.3 is 0 Å². The maximum atomic E-state index is 6.33. The molecule has 4 heteroatoms. The maximum absolute atomic E-state index is 6.33. The third-order valence-corrected chi connectivity index (χ3v) is 4.65. The van der Waals surface area contributed by atoms with Crippen molar-refractivity contribution >= 4 is 0 Å². The van der Waals surface area contributed by atoms with Crippen LogP contribution in [-0.2, 0) is 12.0 Å². The normalized spacial score (nSPS) is 23.8. The monoisotopic (exact) mass is 249 g/mol. The Balaban J connectivity index is 1.59. The highest BCUT2D eigenvalue weighted by Gasteiger charge is 2.35. The van der Waals surface area contributed by atoms with E-state index in [4.69, 9.17) is 10.3 Å². The predicted molar refractivity (Wildman–Crippen MR) is 68.9 cm³/mol. The van der Waals surface area contributed by atoms with Crippen LogP contribution in [0.4, 0.5) is 0 Å². The Labute approximate surface area is 108 Å². The number of nitrogens with two attached hydrogens (primary N) is 1. The van der Waals surface area contributed by atoms with Gasteiger partial charge in [0, 0.05) is 6.42 Å². The van der Waals surface area contributed by atoms with Crippen molar-refractivity contribution in [3.8, 4) is 0 Å². The molecule has 4 nitrogen and oxygen atoms in total. The molecule has 1 aromatic rings. The van der Waals surface area contributed by atoms with Crippen molar-refractivity contribution in [1.29, 1.82) is 0 Å². The van der Waals surface area contributed by atoms with Gasteiger partial charge in [0.1, 0.15) is 0 Å². The van der Waals surface area contributed by atoms with Crippen LogP contribution in [0.15, 0.2) is 4.52 Å². The molecule has 3 rings (SSSR count). The summed E-state index contributed by atoms with van der Waals surface area (Å²) in [6.45, 7) is 0. The molecule has 2 fully saturated rings. The zero-order valence-electron chi connectivity index (χ0n) is 11.0. The van der Waals surface area contributed by atoms with Crippen LogP contribution in [0, 0.1) is 5.92 Å². The summed E-state index contributed by atoms with van der Waals surface area (Å²) in [6.07, 6.45) is 12.0. The first-order chi connectivity index (χ1) is 8.76. The molecule has 1 aromatic heterocycles. The van der Waals surface area contributed by atoms with Gasteiger partial charge in [0.2, 0.25) is 5.89 Å². The Morgan fingerprint density at radius 3 is 2.61 bits per heavy atom. The fourth-order valence-electron chi connectivity index (χ4n) is 3.41. The van der Waals surface area contributed by atoms with E-state index in [1.54, 1.807) is 0 Å². The van der Waals surface area contributed by atoms with Crippen molar-refractivity contribution in [3.63, 3.8) is 0 Å². The van der Waals surface area contributed by atoms with Crippen LogP contribution in [0.1, 0.15) is 69.5 Å². The van der Waals surface area contributed by atoms with Gasteiger partial charge in [0.25, 0.3) is 0 Å². The Hall–Kier alpha value is -0.900. The first-order valence-electron chi connectivity index (χ1n) is 7.38. The summed E-state index contributed by atoms with van der Waals surface area (Å²) in [7, 11) is 0. The molecule has 0 amide bonds. The lowest BCUT2D eigenvalue weighted by molar-refractivity contribution is 0.340.